The SMILES string of the molecule is CCOc1ccc(NC(=O)N2CCCn3cccc3C2c2ccc(C(C)(C)C)cc2)cc1. The molecule has 1 aliphatic heterocycles. The van der Waals surface area contributed by atoms with E-state index in [0.29, 0.717) is 13.2 Å². The number of ether oxygens (including phenoxy) is 1. The first-order valence-corrected chi connectivity index (χ1v) is 11.4. The van der Waals surface area contributed by atoms with Crippen molar-refractivity contribution in [3.63, 3.8) is 0 Å². The van der Waals surface area contributed by atoms with Crippen LogP contribution in [0.4, 0.5) is 10.5 Å². The molecule has 0 spiro atoms. The van der Waals surface area contributed by atoms with E-state index in [1.165, 1.54) is 5.56 Å². The summed E-state index contributed by atoms with van der Waals surface area (Å²) in [6.07, 6.45) is 3.02. The number of carbonyl (C=O) groups is 1. The van der Waals surface area contributed by atoms with Crippen LogP contribution in [0.1, 0.15) is 57.0 Å². The van der Waals surface area contributed by atoms with Crippen LogP contribution in [0.2, 0.25) is 0 Å². The minimum atomic E-state index is -0.135. The summed E-state index contributed by atoms with van der Waals surface area (Å²) in [5, 5.41) is 3.09. The standard InChI is InChI=1S/C27H33N3O2/c1-5-32-23-15-13-22(14-16-23)28-26(31)30-19-7-18-29-17-6-8-24(29)25(30)20-9-11-21(12-10-20)27(2,3)4/h6,8-17,25H,5,7,18-19H2,1-4H3,(H,28,31). The van der Waals surface area contributed by atoms with Crippen molar-refractivity contribution in [3.8, 4) is 5.75 Å². The highest BCUT2D eigenvalue weighted by molar-refractivity contribution is 5.90. The highest BCUT2D eigenvalue weighted by Crippen LogP contribution is 2.34. The van der Waals surface area contributed by atoms with Crippen LogP contribution in [-0.2, 0) is 12.0 Å². The van der Waals surface area contributed by atoms with Crippen molar-refractivity contribution in [2.75, 3.05) is 18.5 Å². The number of anilines is 1. The summed E-state index contributed by atoms with van der Waals surface area (Å²) in [5.41, 5.74) is 4.41. The van der Waals surface area contributed by atoms with Gasteiger partial charge in [0, 0.05) is 30.7 Å². The second kappa shape index (κ2) is 9.11. The van der Waals surface area contributed by atoms with Gasteiger partial charge in [0.05, 0.1) is 12.6 Å². The number of hydrogen-bond acceptors (Lipinski definition) is 2. The molecule has 0 aliphatic carbocycles. The molecule has 0 bridgehead atoms. The highest BCUT2D eigenvalue weighted by Gasteiger charge is 2.31. The van der Waals surface area contributed by atoms with Crippen LogP contribution in [0.25, 0.3) is 0 Å². The summed E-state index contributed by atoms with van der Waals surface area (Å²) < 4.78 is 7.78. The van der Waals surface area contributed by atoms with Gasteiger partial charge >= 0.3 is 6.03 Å². The molecule has 1 aromatic heterocycles. The van der Waals surface area contributed by atoms with Crippen LogP contribution in [0.3, 0.4) is 0 Å². The predicted octanol–water partition coefficient (Wildman–Crippen LogP) is 6.21. The Kier molecular flexibility index (Phi) is 6.26. The summed E-state index contributed by atoms with van der Waals surface area (Å²) in [4.78, 5) is 15.4. The number of aryl methyl sites for hydroxylation is 1. The van der Waals surface area contributed by atoms with Gasteiger partial charge in [0.1, 0.15) is 5.75 Å². The first kappa shape index (κ1) is 22.0. The molecule has 2 amide bonds. The fourth-order valence-corrected chi connectivity index (χ4v) is 4.31. The smallest absolute Gasteiger partial charge is 0.322 e. The van der Waals surface area contributed by atoms with E-state index in [1.54, 1.807) is 0 Å². The Balaban J connectivity index is 1.63. The number of rotatable bonds is 4. The predicted molar refractivity (Wildman–Crippen MR) is 129 cm³/mol. The maximum Gasteiger partial charge on any atom is 0.322 e. The van der Waals surface area contributed by atoms with Crippen molar-refractivity contribution in [2.24, 2.45) is 0 Å². The van der Waals surface area contributed by atoms with Crippen LogP contribution >= 0.6 is 0 Å². The Hall–Kier alpha value is -3.21. The van der Waals surface area contributed by atoms with Crippen molar-refractivity contribution < 1.29 is 9.53 Å². The molecule has 0 saturated heterocycles. The Labute approximate surface area is 191 Å². The number of nitrogens with zero attached hydrogens (tertiary/aromatic N) is 2. The molecule has 168 valence electrons. The molecule has 0 fully saturated rings. The zero-order valence-corrected chi connectivity index (χ0v) is 19.5. The normalized spacial score (nSPS) is 16.2. The molecule has 32 heavy (non-hydrogen) atoms. The molecule has 3 aromatic rings. The first-order valence-electron chi connectivity index (χ1n) is 11.4. The minimum Gasteiger partial charge on any atom is -0.494 e. The first-order chi connectivity index (χ1) is 15.4. The number of amides is 2. The molecule has 1 unspecified atom stereocenters. The van der Waals surface area contributed by atoms with E-state index < -0.39 is 0 Å². The van der Waals surface area contributed by atoms with Gasteiger partial charge in [-0.25, -0.2) is 4.79 Å². The quantitative estimate of drug-likeness (QED) is 0.534. The summed E-state index contributed by atoms with van der Waals surface area (Å²) in [7, 11) is 0. The van der Waals surface area contributed by atoms with Gasteiger partial charge in [-0.05, 0) is 66.3 Å². The lowest BCUT2D eigenvalue weighted by atomic mass is 9.86. The van der Waals surface area contributed by atoms with Gasteiger partial charge in [-0.3, -0.25) is 0 Å². The number of hydrogen-bond donors (Lipinski definition) is 1. The summed E-state index contributed by atoms with van der Waals surface area (Å²) >= 11 is 0. The second-order valence-electron chi connectivity index (χ2n) is 9.34. The lowest BCUT2D eigenvalue weighted by Crippen LogP contribution is -2.38. The van der Waals surface area contributed by atoms with Gasteiger partial charge in [0.25, 0.3) is 0 Å². The third-order valence-corrected chi connectivity index (χ3v) is 6.02. The Morgan fingerprint density at radius 3 is 2.41 bits per heavy atom. The summed E-state index contributed by atoms with van der Waals surface area (Å²) in [6, 6.07) is 20.2. The van der Waals surface area contributed by atoms with Crippen molar-refractivity contribution in [1.82, 2.24) is 9.47 Å². The second-order valence-corrected chi connectivity index (χ2v) is 9.34. The topological polar surface area (TPSA) is 46.5 Å². The molecule has 2 aromatic carbocycles. The lowest BCUT2D eigenvalue weighted by Gasteiger charge is -2.31. The molecule has 2 heterocycles. The molecular formula is C27H33N3O2. The molecule has 0 saturated carbocycles. The molecule has 1 N–H and O–H groups in total. The van der Waals surface area contributed by atoms with Crippen LogP contribution in [0.15, 0.2) is 66.9 Å². The highest BCUT2D eigenvalue weighted by atomic mass is 16.5. The van der Waals surface area contributed by atoms with E-state index in [2.05, 4.69) is 73.3 Å². The average molecular weight is 432 g/mol. The van der Waals surface area contributed by atoms with Crippen LogP contribution < -0.4 is 10.1 Å². The van der Waals surface area contributed by atoms with Crippen molar-refractivity contribution >= 4 is 11.7 Å². The van der Waals surface area contributed by atoms with Crippen molar-refractivity contribution in [1.29, 1.82) is 0 Å². The zero-order valence-electron chi connectivity index (χ0n) is 19.5. The molecule has 1 atom stereocenters. The molecule has 1 aliphatic rings. The third kappa shape index (κ3) is 4.67. The Morgan fingerprint density at radius 2 is 1.75 bits per heavy atom. The molecule has 5 nitrogen and oxygen atoms in total. The van der Waals surface area contributed by atoms with Crippen molar-refractivity contribution in [3.05, 3.63) is 83.7 Å². The largest absolute Gasteiger partial charge is 0.494 e. The molecule has 5 heteroatoms. The van der Waals surface area contributed by atoms with E-state index in [1.807, 2.05) is 36.1 Å². The van der Waals surface area contributed by atoms with Gasteiger partial charge in [-0.1, -0.05) is 45.0 Å². The van der Waals surface area contributed by atoms with Gasteiger partial charge < -0.3 is 19.5 Å². The van der Waals surface area contributed by atoms with Crippen LogP contribution in [0, 0.1) is 0 Å². The van der Waals surface area contributed by atoms with E-state index in [4.69, 9.17) is 4.74 Å². The van der Waals surface area contributed by atoms with Gasteiger partial charge in [-0.15, -0.1) is 0 Å². The molecule has 4 rings (SSSR count). The Bertz CT molecular complexity index is 1050. The number of urea groups is 1. The number of nitrogens with one attached hydrogen (secondary N) is 1. The van der Waals surface area contributed by atoms with E-state index in [9.17, 15) is 4.79 Å². The lowest BCUT2D eigenvalue weighted by molar-refractivity contribution is 0.199. The van der Waals surface area contributed by atoms with Gasteiger partial charge in [-0.2, -0.15) is 0 Å². The Morgan fingerprint density at radius 1 is 1.03 bits per heavy atom. The number of carbonyl (C=O) groups excluding carboxylic acids is 1. The van der Waals surface area contributed by atoms with Gasteiger partial charge in [0.15, 0.2) is 0 Å². The summed E-state index contributed by atoms with van der Waals surface area (Å²) in [5.74, 6) is 0.801. The minimum absolute atomic E-state index is 0.0892. The number of aromatic nitrogens is 1. The summed E-state index contributed by atoms with van der Waals surface area (Å²) in [6.45, 7) is 10.8. The number of fused-ring (bicyclic) bond motifs is 1. The van der Waals surface area contributed by atoms with Crippen molar-refractivity contribution in [2.45, 2.75) is 52.1 Å². The maximum absolute atomic E-state index is 13.4. The zero-order chi connectivity index (χ0) is 22.7. The average Bonchev–Trinajstić information content (AvgIpc) is 3.14. The van der Waals surface area contributed by atoms with E-state index in [0.717, 1.165) is 35.7 Å². The fraction of sp³-hybridized carbons (Fsp3) is 0.370. The number of benzene rings is 2. The third-order valence-electron chi connectivity index (χ3n) is 6.02. The van der Waals surface area contributed by atoms with Gasteiger partial charge in [0.2, 0.25) is 0 Å². The van der Waals surface area contributed by atoms with Crippen LogP contribution in [-0.4, -0.2) is 28.6 Å². The van der Waals surface area contributed by atoms with E-state index >= 15 is 0 Å². The fourth-order valence-electron chi connectivity index (χ4n) is 4.31. The molecular weight excluding hydrogens is 398 g/mol. The maximum atomic E-state index is 13.4. The molecule has 0 radical (unpaired) electrons. The monoisotopic (exact) mass is 431 g/mol. The van der Waals surface area contributed by atoms with E-state index in [-0.39, 0.29) is 17.5 Å². The van der Waals surface area contributed by atoms with Crippen LogP contribution in [0.5, 0.6) is 5.75 Å².